The minimum absolute atomic E-state index is 0.00666. The van der Waals surface area contributed by atoms with E-state index in [1.807, 2.05) is 52.9 Å². The zero-order valence-corrected chi connectivity index (χ0v) is 23.4. The van der Waals surface area contributed by atoms with Crippen molar-refractivity contribution in [3.63, 3.8) is 0 Å². The van der Waals surface area contributed by atoms with Crippen molar-refractivity contribution in [2.45, 2.75) is 37.8 Å². The maximum Gasteiger partial charge on any atom is 0.256 e. The Morgan fingerprint density at radius 1 is 1.12 bits per heavy atom. The van der Waals surface area contributed by atoms with Crippen LogP contribution < -0.4 is 25.7 Å². The number of aromatic nitrogens is 1. The maximum absolute atomic E-state index is 16.0. The van der Waals surface area contributed by atoms with Gasteiger partial charge in [-0.3, -0.25) is 9.59 Å². The van der Waals surface area contributed by atoms with Gasteiger partial charge >= 0.3 is 0 Å². The summed E-state index contributed by atoms with van der Waals surface area (Å²) in [6, 6.07) is 13.8. The minimum Gasteiger partial charge on any atom is -0.451 e. The molecular formula is C32H34FN5O3. The Bertz CT molecular complexity index is 1750. The van der Waals surface area contributed by atoms with E-state index in [2.05, 4.69) is 22.6 Å². The predicted molar refractivity (Wildman–Crippen MR) is 159 cm³/mol. The normalized spacial score (nSPS) is 20.0. The van der Waals surface area contributed by atoms with Gasteiger partial charge in [-0.05, 0) is 75.3 Å². The van der Waals surface area contributed by atoms with Crippen molar-refractivity contribution in [2.24, 2.45) is 0 Å². The van der Waals surface area contributed by atoms with Gasteiger partial charge in [0.15, 0.2) is 17.3 Å². The summed E-state index contributed by atoms with van der Waals surface area (Å²) in [6.45, 7) is 2.82. The summed E-state index contributed by atoms with van der Waals surface area (Å²) >= 11 is 0. The zero-order valence-electron chi connectivity index (χ0n) is 23.4. The molecule has 8 nitrogen and oxygen atoms in total. The second kappa shape index (κ2) is 10.2. The molecule has 2 unspecified atom stereocenters. The number of rotatable bonds is 6. The number of nitrogens with one attached hydrogen (secondary N) is 2. The van der Waals surface area contributed by atoms with E-state index in [9.17, 15) is 9.59 Å². The molecule has 3 aliphatic heterocycles. The molecule has 0 saturated carbocycles. The first-order valence-electron chi connectivity index (χ1n) is 14.5. The predicted octanol–water partition coefficient (Wildman–Crippen LogP) is 4.40. The molecule has 0 aliphatic carbocycles. The highest BCUT2D eigenvalue weighted by atomic mass is 19.1. The fourth-order valence-electron chi connectivity index (χ4n) is 6.74. The van der Waals surface area contributed by atoms with Gasteiger partial charge in [0.2, 0.25) is 5.43 Å². The molecule has 2 N–H and O–H groups in total. The molecule has 2 saturated heterocycles. The zero-order chi connectivity index (χ0) is 28.2. The van der Waals surface area contributed by atoms with E-state index >= 15 is 4.39 Å². The van der Waals surface area contributed by atoms with E-state index < -0.39 is 17.2 Å². The van der Waals surface area contributed by atoms with Crippen LogP contribution in [0.4, 0.5) is 10.1 Å². The molecule has 4 heterocycles. The summed E-state index contributed by atoms with van der Waals surface area (Å²) in [4.78, 5) is 31.5. The van der Waals surface area contributed by atoms with Crippen LogP contribution in [-0.4, -0.2) is 67.7 Å². The summed E-state index contributed by atoms with van der Waals surface area (Å²) in [5.41, 5.74) is 1.02. The smallest absolute Gasteiger partial charge is 0.256 e. The van der Waals surface area contributed by atoms with Crippen molar-refractivity contribution in [1.82, 2.24) is 20.1 Å². The van der Waals surface area contributed by atoms with Gasteiger partial charge < -0.3 is 29.7 Å². The Hall–Kier alpha value is -3.95. The molecule has 0 radical (unpaired) electrons. The highest BCUT2D eigenvalue weighted by molar-refractivity contribution is 6.02. The van der Waals surface area contributed by atoms with Crippen molar-refractivity contribution in [1.29, 1.82) is 0 Å². The second-order valence-electron chi connectivity index (χ2n) is 11.5. The van der Waals surface area contributed by atoms with Gasteiger partial charge in [-0.2, -0.15) is 0 Å². The van der Waals surface area contributed by atoms with Crippen molar-refractivity contribution >= 4 is 33.3 Å². The van der Waals surface area contributed by atoms with Gasteiger partial charge in [0.05, 0.1) is 11.1 Å². The largest absolute Gasteiger partial charge is 0.451 e. The quantitative estimate of drug-likeness (QED) is 0.324. The van der Waals surface area contributed by atoms with Gasteiger partial charge in [-0.1, -0.05) is 24.3 Å². The van der Waals surface area contributed by atoms with Crippen molar-refractivity contribution in [3.8, 4) is 17.2 Å². The number of likely N-dealkylation sites (tertiary alicyclic amines) is 1. The van der Waals surface area contributed by atoms with Gasteiger partial charge in [0.1, 0.15) is 16.8 Å². The number of carbonyl (C=O) groups excluding carboxylic acids is 1. The highest BCUT2D eigenvalue weighted by Crippen LogP contribution is 2.48. The Balaban J connectivity index is 1.37. The molecule has 41 heavy (non-hydrogen) atoms. The van der Waals surface area contributed by atoms with Gasteiger partial charge in [-0.15, -0.1) is 0 Å². The average Bonchev–Trinajstić information content (AvgIpc) is 3.62. The summed E-state index contributed by atoms with van der Waals surface area (Å²) in [6.07, 6.45) is 5.55. The first-order valence-corrected chi connectivity index (χ1v) is 14.5. The lowest BCUT2D eigenvalue weighted by Gasteiger charge is -2.29. The van der Waals surface area contributed by atoms with E-state index in [1.54, 1.807) is 6.20 Å². The number of likely N-dealkylation sites (N-methyl/N-ethyl adjacent to an activating group) is 1. The lowest BCUT2D eigenvalue weighted by Crippen LogP contribution is -2.34. The first kappa shape index (κ1) is 26.0. The van der Waals surface area contributed by atoms with Crippen LogP contribution in [0.2, 0.25) is 0 Å². The molecule has 1 aromatic heterocycles. The van der Waals surface area contributed by atoms with Crippen LogP contribution in [0.1, 0.15) is 36.0 Å². The van der Waals surface area contributed by atoms with E-state index in [4.69, 9.17) is 4.74 Å². The number of halogens is 1. The number of hydrogen-bond acceptors (Lipinski definition) is 6. The first-order chi connectivity index (χ1) is 19.9. The fraction of sp³-hybridized carbons (Fsp3) is 0.375. The molecule has 4 aromatic rings. The summed E-state index contributed by atoms with van der Waals surface area (Å²) in [5.74, 6) is -0.114. The lowest BCUT2D eigenvalue weighted by atomic mass is 10.0. The number of ether oxygens (including phenoxy) is 1. The standard InChI is InChI=1S/C32H34FN5O3/c1-34-21-10-13-37(17-21)29-25(33)16-23-28-31(29)41-27-15-20-7-4-3-6-19(20)14-26(27)38(28)18-24(30(23)39)32(40)35-11-9-22-8-5-12-36(22)2/h3-4,6-7,14-16,18,21-22,34H,5,8-13,17H2,1-2H3,(H,35,40). The van der Waals surface area contributed by atoms with E-state index in [1.165, 1.54) is 6.07 Å². The third-order valence-electron chi connectivity index (χ3n) is 9.06. The van der Waals surface area contributed by atoms with Gasteiger partial charge in [0.25, 0.3) is 5.91 Å². The number of carbonyl (C=O) groups is 1. The highest BCUT2D eigenvalue weighted by Gasteiger charge is 2.33. The molecule has 0 bridgehead atoms. The van der Waals surface area contributed by atoms with Crippen molar-refractivity contribution < 1.29 is 13.9 Å². The van der Waals surface area contributed by atoms with Gasteiger partial charge in [-0.25, -0.2) is 4.39 Å². The number of anilines is 1. The molecule has 3 aromatic carbocycles. The van der Waals surface area contributed by atoms with E-state index in [-0.39, 0.29) is 17.0 Å². The molecule has 212 valence electrons. The summed E-state index contributed by atoms with van der Waals surface area (Å²) in [5, 5.41) is 8.34. The van der Waals surface area contributed by atoms with E-state index in [0.717, 1.165) is 43.0 Å². The molecule has 7 rings (SSSR count). The van der Waals surface area contributed by atoms with Crippen molar-refractivity contribution in [2.75, 3.05) is 45.2 Å². The Morgan fingerprint density at radius 3 is 2.66 bits per heavy atom. The SMILES string of the molecule is CNC1CCN(c2c(F)cc3c(=O)c(C(=O)NCCC4CCCN4C)cn4c3c2Oc2cc3ccccc3cc2-4)C1. The molecule has 9 heteroatoms. The molecule has 3 aliphatic rings. The summed E-state index contributed by atoms with van der Waals surface area (Å²) < 4.78 is 24.3. The topological polar surface area (TPSA) is 78.8 Å². The van der Waals surface area contributed by atoms with Crippen LogP contribution >= 0.6 is 0 Å². The molecule has 2 fully saturated rings. The third-order valence-corrected chi connectivity index (χ3v) is 9.06. The van der Waals surface area contributed by atoms with Crippen LogP contribution in [0.25, 0.3) is 27.4 Å². The number of hydrogen-bond donors (Lipinski definition) is 2. The Morgan fingerprint density at radius 2 is 1.93 bits per heavy atom. The van der Waals surface area contributed by atoms with Crippen molar-refractivity contribution in [3.05, 3.63) is 70.3 Å². The second-order valence-corrected chi connectivity index (χ2v) is 11.5. The third kappa shape index (κ3) is 4.35. The van der Waals surface area contributed by atoms with E-state index in [0.29, 0.717) is 54.1 Å². The molecule has 0 spiro atoms. The molecular weight excluding hydrogens is 521 g/mol. The number of nitrogens with zero attached hydrogens (tertiary/aromatic N) is 3. The fourth-order valence-corrected chi connectivity index (χ4v) is 6.74. The number of fused-ring (bicyclic) bond motifs is 3. The summed E-state index contributed by atoms with van der Waals surface area (Å²) in [7, 11) is 4.01. The Labute approximate surface area is 237 Å². The van der Waals surface area contributed by atoms with Crippen LogP contribution in [0.5, 0.6) is 11.5 Å². The lowest BCUT2D eigenvalue weighted by molar-refractivity contribution is 0.0949. The van der Waals surface area contributed by atoms with Crippen LogP contribution in [-0.2, 0) is 0 Å². The van der Waals surface area contributed by atoms with Gasteiger partial charge in [0, 0.05) is 37.9 Å². The Kier molecular flexibility index (Phi) is 6.43. The molecule has 1 amide bonds. The number of amides is 1. The van der Waals surface area contributed by atoms with Crippen LogP contribution in [0.3, 0.4) is 0 Å². The van der Waals surface area contributed by atoms with Crippen LogP contribution in [0.15, 0.2) is 53.5 Å². The van der Waals surface area contributed by atoms with Crippen LogP contribution in [0, 0.1) is 5.82 Å². The number of benzene rings is 3. The minimum atomic E-state index is -0.529. The average molecular weight is 556 g/mol. The molecule has 2 atom stereocenters. The number of pyridine rings is 1. The monoisotopic (exact) mass is 555 g/mol. The maximum atomic E-state index is 16.0.